The van der Waals surface area contributed by atoms with Gasteiger partial charge in [0.1, 0.15) is 5.75 Å². The summed E-state index contributed by atoms with van der Waals surface area (Å²) in [6, 6.07) is 11.7. The Morgan fingerprint density at radius 3 is 2.86 bits per heavy atom. The lowest BCUT2D eigenvalue weighted by Gasteiger charge is -2.45. The normalized spacial score (nSPS) is 35.0. The first kappa shape index (κ1) is 30.5. The molecule has 1 spiro atoms. The highest BCUT2D eigenvalue weighted by molar-refractivity contribution is 7.99. The van der Waals surface area contributed by atoms with Gasteiger partial charge < -0.3 is 19.5 Å². The Hall–Kier alpha value is -2.52. The molecular weight excluding hydrogens is 584 g/mol. The molecule has 1 amide bonds. The van der Waals surface area contributed by atoms with Gasteiger partial charge in [0.15, 0.2) is 0 Å². The van der Waals surface area contributed by atoms with Crippen molar-refractivity contribution in [2.75, 3.05) is 38.3 Å². The zero-order valence-electron chi connectivity index (χ0n) is 25.1. The van der Waals surface area contributed by atoms with Crippen LogP contribution in [0.25, 0.3) is 0 Å². The van der Waals surface area contributed by atoms with Gasteiger partial charge in [0.25, 0.3) is 5.91 Å². The maximum absolute atomic E-state index is 13.9. The highest BCUT2D eigenvalue weighted by atomic mass is 35.5. The molecule has 2 aromatic carbocycles. The molecule has 2 aliphatic heterocycles. The Kier molecular flexibility index (Phi) is 8.59. The Labute approximate surface area is 260 Å². The molecule has 4 aliphatic rings. The molecule has 2 aliphatic carbocycles. The number of aliphatic hydroxyl groups is 1. The van der Waals surface area contributed by atoms with Crippen LogP contribution in [0.4, 0.5) is 5.69 Å². The lowest BCUT2D eigenvalue weighted by molar-refractivity contribution is 0.0455. The number of nitrogens with one attached hydrogen (secondary N) is 1. The Balaban J connectivity index is 1.42. The van der Waals surface area contributed by atoms with Crippen LogP contribution in [0.1, 0.15) is 60.5 Å². The number of carbonyl (C=O) groups is 1. The molecule has 1 saturated carbocycles. The first-order chi connectivity index (χ1) is 20.6. The molecule has 1 fully saturated rings. The monoisotopic (exact) mass is 626 g/mol. The van der Waals surface area contributed by atoms with E-state index in [0.717, 1.165) is 61.7 Å². The van der Waals surface area contributed by atoms with E-state index in [9.17, 15) is 14.1 Å². The van der Waals surface area contributed by atoms with Crippen molar-refractivity contribution in [3.05, 3.63) is 70.3 Å². The van der Waals surface area contributed by atoms with E-state index in [2.05, 4.69) is 27.6 Å². The zero-order chi connectivity index (χ0) is 30.4. The minimum absolute atomic E-state index is 0.0841. The third-order valence-electron chi connectivity index (χ3n) is 10.2. The van der Waals surface area contributed by atoms with Crippen LogP contribution in [0, 0.1) is 17.8 Å². The molecule has 2 bridgehead atoms. The fourth-order valence-electron chi connectivity index (χ4n) is 7.64. The number of anilines is 1. The van der Waals surface area contributed by atoms with Crippen molar-refractivity contribution in [2.24, 2.45) is 17.8 Å². The minimum Gasteiger partial charge on any atom is -0.490 e. The van der Waals surface area contributed by atoms with Crippen LogP contribution < -0.4 is 14.4 Å². The average molecular weight is 627 g/mol. The molecule has 2 heterocycles. The second-order valence-electron chi connectivity index (χ2n) is 13.1. The fraction of sp³-hybridized carbons (Fsp3) is 0.529. The van der Waals surface area contributed by atoms with Crippen molar-refractivity contribution in [3.8, 4) is 5.75 Å². The Bertz CT molecular complexity index is 1510. The van der Waals surface area contributed by atoms with Crippen LogP contribution in [0.2, 0.25) is 5.02 Å². The summed E-state index contributed by atoms with van der Waals surface area (Å²) in [5.41, 5.74) is 3.59. The quantitative estimate of drug-likeness (QED) is 0.353. The smallest absolute Gasteiger partial charge is 0.262 e. The molecule has 0 radical (unpaired) electrons. The minimum atomic E-state index is -3.06. The maximum Gasteiger partial charge on any atom is 0.262 e. The Morgan fingerprint density at radius 1 is 1.26 bits per heavy atom. The number of carbonyl (C=O) groups excluding carboxylic acids is 1. The number of methoxy groups -OCH3 is 1. The predicted molar refractivity (Wildman–Crippen MR) is 174 cm³/mol. The molecule has 2 aromatic rings. The number of fused-ring (bicyclic) bond motifs is 4. The SMILES string of the molecule is C=S1(=O)NC(=O)c2ccc3c(c2)N(CC2CCC2C(O)/C=C/CC(C)C1COC)CC1(CCCc2cc(Cl)ccc21)CO3. The van der Waals surface area contributed by atoms with E-state index < -0.39 is 27.0 Å². The molecule has 6 rings (SSSR count). The van der Waals surface area contributed by atoms with Crippen molar-refractivity contribution in [3.63, 3.8) is 0 Å². The van der Waals surface area contributed by atoms with Crippen molar-refractivity contribution in [2.45, 2.75) is 62.2 Å². The largest absolute Gasteiger partial charge is 0.490 e. The summed E-state index contributed by atoms with van der Waals surface area (Å²) < 4.78 is 28.6. The number of ether oxygens (including phenoxy) is 2. The standard InChI is InChI=1S/C34H43ClN2O5S/c1-22-6-4-8-30(38)27-12-9-25(27)18-37-20-34(15-5-7-23-16-26(35)11-13-28(23)34)21-42-31-14-10-24(17-29(31)37)33(39)36-43(3,40)32(22)19-41-2/h4,8,10-11,13-14,16-17,22,25,27,30,32,38H,3,5-7,9,12,15,18-21H2,1-2H3,(H,36,39,40)/b8-4+. The number of allylic oxidation sites excluding steroid dienone is 1. The van der Waals surface area contributed by atoms with Gasteiger partial charge in [0.2, 0.25) is 0 Å². The third kappa shape index (κ3) is 5.96. The lowest BCUT2D eigenvalue weighted by atomic mass is 9.68. The van der Waals surface area contributed by atoms with Crippen LogP contribution >= 0.6 is 11.6 Å². The van der Waals surface area contributed by atoms with Gasteiger partial charge in [-0.05, 0) is 104 Å². The van der Waals surface area contributed by atoms with Gasteiger partial charge in [0, 0.05) is 36.2 Å². The molecule has 43 heavy (non-hydrogen) atoms. The van der Waals surface area contributed by atoms with Gasteiger partial charge in [-0.15, -0.1) is 0 Å². The molecule has 0 aromatic heterocycles. The summed E-state index contributed by atoms with van der Waals surface area (Å²) in [5, 5.41) is 11.5. The van der Waals surface area contributed by atoms with Crippen molar-refractivity contribution >= 4 is 38.8 Å². The van der Waals surface area contributed by atoms with Gasteiger partial charge in [-0.3, -0.25) is 9.52 Å². The summed E-state index contributed by atoms with van der Waals surface area (Å²) in [7, 11) is -1.50. The van der Waals surface area contributed by atoms with Gasteiger partial charge in [-0.2, -0.15) is 0 Å². The molecule has 2 N–H and O–H groups in total. The zero-order valence-corrected chi connectivity index (χ0v) is 26.7. The molecule has 7 atom stereocenters. The van der Waals surface area contributed by atoms with Gasteiger partial charge in [0.05, 0.1) is 40.0 Å². The van der Waals surface area contributed by atoms with Crippen LogP contribution in [0.3, 0.4) is 0 Å². The fourth-order valence-corrected chi connectivity index (χ4v) is 9.64. The van der Waals surface area contributed by atoms with Gasteiger partial charge >= 0.3 is 0 Å². The van der Waals surface area contributed by atoms with E-state index in [1.54, 1.807) is 13.2 Å². The van der Waals surface area contributed by atoms with Crippen LogP contribution in [-0.4, -0.2) is 65.9 Å². The number of hydrogen-bond acceptors (Lipinski definition) is 6. The summed E-state index contributed by atoms with van der Waals surface area (Å²) in [4.78, 5) is 16.0. The molecule has 7 nitrogen and oxygen atoms in total. The Morgan fingerprint density at radius 2 is 2.09 bits per heavy atom. The molecule has 9 heteroatoms. The van der Waals surface area contributed by atoms with Crippen molar-refractivity contribution < 1.29 is 23.6 Å². The molecule has 7 unspecified atom stereocenters. The predicted octanol–water partition coefficient (Wildman–Crippen LogP) is 5.17. The molecule has 0 saturated heterocycles. The maximum atomic E-state index is 13.9. The number of nitrogens with zero attached hydrogens (tertiary/aromatic N) is 1. The van der Waals surface area contributed by atoms with Gasteiger partial charge in [-0.1, -0.05) is 36.7 Å². The van der Waals surface area contributed by atoms with Crippen LogP contribution in [0.15, 0.2) is 48.6 Å². The van der Waals surface area contributed by atoms with E-state index in [1.807, 2.05) is 37.3 Å². The molecule has 232 valence electrons. The van der Waals surface area contributed by atoms with Crippen LogP contribution in [0.5, 0.6) is 5.75 Å². The number of aliphatic hydroxyl groups excluding tert-OH is 1. The summed E-state index contributed by atoms with van der Waals surface area (Å²) in [6.07, 6.45) is 8.95. The number of aryl methyl sites for hydroxylation is 1. The third-order valence-corrected chi connectivity index (χ3v) is 12.6. The summed E-state index contributed by atoms with van der Waals surface area (Å²) >= 11 is 6.41. The summed E-state index contributed by atoms with van der Waals surface area (Å²) in [6.45, 7) is 4.19. The van der Waals surface area contributed by atoms with E-state index in [0.29, 0.717) is 24.5 Å². The van der Waals surface area contributed by atoms with Crippen molar-refractivity contribution in [1.29, 1.82) is 0 Å². The first-order valence-electron chi connectivity index (χ1n) is 15.4. The number of rotatable bonds is 2. The van der Waals surface area contributed by atoms with E-state index in [4.69, 9.17) is 21.1 Å². The lowest BCUT2D eigenvalue weighted by Crippen LogP contribution is -2.49. The second kappa shape index (κ2) is 12.1. The van der Waals surface area contributed by atoms with Crippen molar-refractivity contribution in [1.82, 2.24) is 4.72 Å². The first-order valence-corrected chi connectivity index (χ1v) is 17.6. The number of amides is 1. The average Bonchev–Trinajstić information content (AvgIpc) is 3.10. The topological polar surface area (TPSA) is 88.1 Å². The highest BCUT2D eigenvalue weighted by Gasteiger charge is 2.44. The highest BCUT2D eigenvalue weighted by Crippen LogP contribution is 2.46. The van der Waals surface area contributed by atoms with Crippen LogP contribution in [-0.2, 0) is 26.3 Å². The summed E-state index contributed by atoms with van der Waals surface area (Å²) in [5.74, 6) is 4.65. The van der Waals surface area contributed by atoms with E-state index >= 15 is 0 Å². The van der Waals surface area contributed by atoms with E-state index in [-0.39, 0.29) is 23.9 Å². The number of halogens is 1. The van der Waals surface area contributed by atoms with E-state index in [1.165, 1.54) is 11.1 Å². The number of hydrogen-bond donors (Lipinski definition) is 2. The second-order valence-corrected chi connectivity index (χ2v) is 15.8. The number of benzene rings is 2. The van der Waals surface area contributed by atoms with Gasteiger partial charge in [-0.25, -0.2) is 4.21 Å². The molecular formula is C34H43ClN2O5S.